The second-order valence-electron chi connectivity index (χ2n) is 2.41. The average molecular weight is 192 g/mol. The lowest BCUT2D eigenvalue weighted by molar-refractivity contribution is -0.107. The Balaban J connectivity index is 3.18. The number of nitrogens with zero attached hydrogens (tertiary/aromatic N) is 2. The molecule has 0 saturated carbocycles. The summed E-state index contributed by atoms with van der Waals surface area (Å²) in [6.07, 6.45) is 0.720. The summed E-state index contributed by atoms with van der Waals surface area (Å²) in [5.41, 5.74) is 1.36. The van der Waals surface area contributed by atoms with E-state index in [0.29, 0.717) is 5.69 Å². The van der Waals surface area contributed by atoms with Crippen LogP contribution in [0.2, 0.25) is 0 Å². The predicted molar refractivity (Wildman–Crippen MR) is 55.6 cm³/mol. The van der Waals surface area contributed by atoms with Crippen molar-refractivity contribution >= 4 is 35.2 Å². The Morgan fingerprint density at radius 3 is 2.85 bits per heavy atom. The topological polar surface area (TPSA) is 32.7 Å². The van der Waals surface area contributed by atoms with Crippen LogP contribution >= 0.6 is 12.2 Å². The Labute approximate surface area is 81.7 Å². The minimum Gasteiger partial charge on any atom is -0.316 e. The first-order valence-corrected chi connectivity index (χ1v) is 4.05. The molecule has 1 rings (SSSR count). The molecule has 1 amide bonds. The van der Waals surface area contributed by atoms with Gasteiger partial charge in [-0.15, -0.1) is 0 Å². The summed E-state index contributed by atoms with van der Waals surface area (Å²) >= 11 is 4.49. The van der Waals surface area contributed by atoms with Crippen molar-refractivity contribution in [3.05, 3.63) is 24.3 Å². The Morgan fingerprint density at radius 1 is 1.54 bits per heavy atom. The Morgan fingerprint density at radius 2 is 2.23 bits per heavy atom. The zero-order chi connectivity index (χ0) is 9.68. The van der Waals surface area contributed by atoms with Crippen molar-refractivity contribution in [1.82, 2.24) is 0 Å². The van der Waals surface area contributed by atoms with E-state index in [-0.39, 0.29) is 0 Å². The molecule has 0 aromatic heterocycles. The van der Waals surface area contributed by atoms with Crippen molar-refractivity contribution < 1.29 is 4.79 Å². The molecule has 1 aromatic rings. The molecule has 13 heavy (non-hydrogen) atoms. The molecule has 0 N–H and O–H groups in total. The van der Waals surface area contributed by atoms with E-state index in [0.717, 1.165) is 12.1 Å². The highest BCUT2D eigenvalue weighted by atomic mass is 32.1. The lowest BCUT2D eigenvalue weighted by Crippen LogP contribution is -2.13. The Bertz CT molecular complexity index is 358. The molecule has 3 nitrogen and oxygen atoms in total. The number of hydrogen-bond acceptors (Lipinski definition) is 3. The van der Waals surface area contributed by atoms with Crippen molar-refractivity contribution in [1.29, 1.82) is 0 Å². The van der Waals surface area contributed by atoms with Crippen LogP contribution in [0.5, 0.6) is 0 Å². The number of thiocarbonyl (C=S) groups is 1. The summed E-state index contributed by atoms with van der Waals surface area (Å²) in [7, 11) is 1.66. The largest absolute Gasteiger partial charge is 0.316 e. The number of para-hydroxylation sites is 2. The van der Waals surface area contributed by atoms with E-state index >= 15 is 0 Å². The number of benzene rings is 1. The second kappa shape index (κ2) is 4.50. The van der Waals surface area contributed by atoms with Crippen molar-refractivity contribution in [3.8, 4) is 0 Å². The van der Waals surface area contributed by atoms with E-state index in [2.05, 4.69) is 22.4 Å². The van der Waals surface area contributed by atoms with Crippen LogP contribution in [-0.2, 0) is 4.79 Å². The average Bonchev–Trinajstić information content (AvgIpc) is 2.18. The number of carbonyl (C=O) groups is 1. The van der Waals surface area contributed by atoms with Crippen molar-refractivity contribution in [2.24, 2.45) is 4.99 Å². The quantitative estimate of drug-likeness (QED) is 0.417. The van der Waals surface area contributed by atoms with Gasteiger partial charge in [-0.2, -0.15) is 4.99 Å². The lowest BCUT2D eigenvalue weighted by Gasteiger charge is -2.11. The Hall–Kier alpha value is -1.51. The molecule has 0 aliphatic carbocycles. The van der Waals surface area contributed by atoms with Gasteiger partial charge in [-0.05, 0) is 24.4 Å². The van der Waals surface area contributed by atoms with Crippen LogP contribution in [0.3, 0.4) is 0 Å². The smallest absolute Gasteiger partial charge is 0.213 e. The van der Waals surface area contributed by atoms with E-state index in [1.807, 2.05) is 12.1 Å². The van der Waals surface area contributed by atoms with Crippen LogP contribution in [0.15, 0.2) is 29.3 Å². The van der Waals surface area contributed by atoms with E-state index in [1.54, 1.807) is 19.2 Å². The minimum atomic E-state index is 0.645. The van der Waals surface area contributed by atoms with Gasteiger partial charge in [0.05, 0.1) is 16.5 Å². The third-order valence-electron chi connectivity index (χ3n) is 1.59. The van der Waals surface area contributed by atoms with Gasteiger partial charge < -0.3 is 4.90 Å². The maximum absolute atomic E-state index is 10.5. The van der Waals surface area contributed by atoms with E-state index in [4.69, 9.17) is 0 Å². The number of amides is 1. The maximum atomic E-state index is 10.5. The Kier molecular flexibility index (Phi) is 3.31. The fraction of sp³-hybridized carbons (Fsp3) is 0.111. The molecule has 0 unspecified atom stereocenters. The van der Waals surface area contributed by atoms with Gasteiger partial charge in [-0.1, -0.05) is 12.1 Å². The van der Waals surface area contributed by atoms with E-state index in [9.17, 15) is 4.79 Å². The van der Waals surface area contributed by atoms with Gasteiger partial charge >= 0.3 is 0 Å². The predicted octanol–water partition coefficient (Wildman–Crippen LogP) is 2.01. The zero-order valence-electron chi connectivity index (χ0n) is 7.10. The van der Waals surface area contributed by atoms with Crippen LogP contribution in [0, 0.1) is 0 Å². The molecule has 0 fully saturated rings. The normalized spacial score (nSPS) is 8.69. The van der Waals surface area contributed by atoms with Crippen LogP contribution in [0.1, 0.15) is 0 Å². The molecule has 0 spiro atoms. The molecular weight excluding hydrogens is 184 g/mol. The summed E-state index contributed by atoms with van der Waals surface area (Å²) in [5.74, 6) is 0. The van der Waals surface area contributed by atoms with Gasteiger partial charge in [0.15, 0.2) is 0 Å². The summed E-state index contributed by atoms with van der Waals surface area (Å²) < 4.78 is 0. The first kappa shape index (κ1) is 9.58. The molecule has 66 valence electrons. The molecular formula is C9H8N2OS. The van der Waals surface area contributed by atoms with Crippen LogP contribution < -0.4 is 4.90 Å². The molecule has 0 radical (unpaired) electrons. The number of isothiocyanates is 1. The van der Waals surface area contributed by atoms with Gasteiger partial charge in [-0.3, -0.25) is 4.79 Å². The highest BCUT2D eigenvalue weighted by molar-refractivity contribution is 7.78. The monoisotopic (exact) mass is 192 g/mol. The van der Waals surface area contributed by atoms with Crippen molar-refractivity contribution in [3.63, 3.8) is 0 Å². The molecule has 0 atom stereocenters. The van der Waals surface area contributed by atoms with Gasteiger partial charge in [-0.25, -0.2) is 0 Å². The standard InChI is InChI=1S/C9H8N2OS/c1-11(7-12)9-5-3-2-4-8(9)10-6-13/h2-5,7H,1H3. The fourth-order valence-corrected chi connectivity index (χ4v) is 1.06. The molecule has 1 aromatic carbocycles. The molecule has 0 saturated heterocycles. The maximum Gasteiger partial charge on any atom is 0.213 e. The van der Waals surface area contributed by atoms with Gasteiger partial charge in [0.1, 0.15) is 0 Å². The number of aliphatic imine (C=N–C) groups is 1. The SMILES string of the molecule is CN(C=O)c1ccccc1N=C=S. The van der Waals surface area contributed by atoms with Crippen LogP contribution in [-0.4, -0.2) is 18.6 Å². The van der Waals surface area contributed by atoms with Crippen LogP contribution in [0.25, 0.3) is 0 Å². The van der Waals surface area contributed by atoms with Crippen LogP contribution in [0.4, 0.5) is 11.4 Å². The first-order chi connectivity index (χ1) is 6.29. The molecule has 0 heterocycles. The second-order valence-corrected chi connectivity index (χ2v) is 2.59. The number of carbonyl (C=O) groups excluding carboxylic acids is 1. The third kappa shape index (κ3) is 2.21. The summed E-state index contributed by atoms with van der Waals surface area (Å²) in [4.78, 5) is 15.8. The van der Waals surface area contributed by atoms with Gasteiger partial charge in [0.25, 0.3) is 0 Å². The number of hydrogen-bond donors (Lipinski definition) is 0. The summed E-state index contributed by atoms with van der Waals surface area (Å²) in [5, 5.41) is 2.27. The van der Waals surface area contributed by atoms with Crippen molar-refractivity contribution in [2.75, 3.05) is 11.9 Å². The zero-order valence-corrected chi connectivity index (χ0v) is 7.91. The fourth-order valence-electron chi connectivity index (χ4n) is 0.963. The van der Waals surface area contributed by atoms with Gasteiger partial charge in [0.2, 0.25) is 6.41 Å². The summed E-state index contributed by atoms with van der Waals surface area (Å²) in [6, 6.07) is 7.22. The lowest BCUT2D eigenvalue weighted by atomic mass is 10.2. The number of rotatable bonds is 3. The van der Waals surface area contributed by atoms with E-state index < -0.39 is 0 Å². The molecule has 4 heteroatoms. The minimum absolute atomic E-state index is 0.645. The molecule has 0 aliphatic heterocycles. The first-order valence-electron chi connectivity index (χ1n) is 3.64. The molecule has 0 bridgehead atoms. The number of anilines is 1. The van der Waals surface area contributed by atoms with Gasteiger partial charge in [0, 0.05) is 7.05 Å². The highest BCUT2D eigenvalue weighted by Crippen LogP contribution is 2.25. The highest BCUT2D eigenvalue weighted by Gasteiger charge is 2.03. The third-order valence-corrected chi connectivity index (χ3v) is 1.68. The molecule has 0 aliphatic rings. The van der Waals surface area contributed by atoms with E-state index in [1.165, 1.54) is 4.90 Å². The van der Waals surface area contributed by atoms with Crippen molar-refractivity contribution in [2.45, 2.75) is 0 Å². The summed E-state index contributed by atoms with van der Waals surface area (Å²) in [6.45, 7) is 0.